The fraction of sp³-hybridized carbons (Fsp3) is 0.318. The average Bonchev–Trinajstić information content (AvgIpc) is 2.69. The van der Waals surface area contributed by atoms with Crippen molar-refractivity contribution in [3.05, 3.63) is 59.7 Å². The van der Waals surface area contributed by atoms with Crippen LogP contribution in [0.5, 0.6) is 5.75 Å². The smallest absolute Gasteiger partial charge is 0.414 e. The first-order valence-electron chi connectivity index (χ1n) is 9.03. The van der Waals surface area contributed by atoms with E-state index in [1.807, 2.05) is 36.4 Å². The number of amides is 1. The molecule has 7 nitrogen and oxygen atoms in total. The maximum absolute atomic E-state index is 12.3. The summed E-state index contributed by atoms with van der Waals surface area (Å²) in [7, 11) is 1.55. The van der Waals surface area contributed by atoms with Gasteiger partial charge in [-0.15, -0.1) is 0 Å². The van der Waals surface area contributed by atoms with Crippen LogP contribution in [0.4, 0.5) is 10.5 Å². The molecule has 0 aliphatic heterocycles. The van der Waals surface area contributed by atoms with E-state index in [1.165, 1.54) is 17.0 Å². The number of ether oxygens (including phenoxy) is 3. The van der Waals surface area contributed by atoms with Gasteiger partial charge in [0.05, 0.1) is 5.56 Å². The van der Waals surface area contributed by atoms with Crippen LogP contribution in [0.15, 0.2) is 48.5 Å². The van der Waals surface area contributed by atoms with Crippen LogP contribution in [0.1, 0.15) is 31.9 Å². The Bertz CT molecular complexity index is 898. The van der Waals surface area contributed by atoms with Crippen LogP contribution in [0, 0.1) is 11.3 Å². The highest BCUT2D eigenvalue weighted by Gasteiger charge is 2.18. The fourth-order valence-electron chi connectivity index (χ4n) is 2.37. The largest absolute Gasteiger partial charge is 0.481 e. The molecule has 0 aliphatic rings. The number of benzene rings is 2. The van der Waals surface area contributed by atoms with Crippen molar-refractivity contribution in [2.24, 2.45) is 0 Å². The second-order valence-corrected chi connectivity index (χ2v) is 7.27. The van der Waals surface area contributed by atoms with Crippen molar-refractivity contribution in [1.29, 1.82) is 5.26 Å². The monoisotopic (exact) mass is 396 g/mol. The summed E-state index contributed by atoms with van der Waals surface area (Å²) in [5.74, 6) is -0.305. The van der Waals surface area contributed by atoms with Crippen LogP contribution in [0.3, 0.4) is 0 Å². The highest BCUT2D eigenvalue weighted by atomic mass is 16.6. The molecule has 0 saturated carbocycles. The van der Waals surface area contributed by atoms with Gasteiger partial charge >= 0.3 is 12.1 Å². The van der Waals surface area contributed by atoms with Crippen molar-refractivity contribution in [3.8, 4) is 11.8 Å². The first-order valence-corrected chi connectivity index (χ1v) is 9.03. The van der Waals surface area contributed by atoms with E-state index in [0.29, 0.717) is 5.69 Å². The molecule has 0 unspecified atom stereocenters. The molecule has 0 N–H and O–H groups in total. The second-order valence-electron chi connectivity index (χ2n) is 7.27. The van der Waals surface area contributed by atoms with Gasteiger partial charge in [-0.05, 0) is 44.5 Å². The standard InChI is InChI=1S/C22H24N2O5/c1-22(2,3)29-20(25)15-27-19-11-10-18(12-17(19)13-23)24(4)21(26)28-14-16-8-6-5-7-9-16/h5-12H,14-15H2,1-4H3. The third kappa shape index (κ3) is 6.85. The summed E-state index contributed by atoms with van der Waals surface area (Å²) in [4.78, 5) is 25.4. The molecule has 2 rings (SSSR count). The molecule has 1 amide bonds. The van der Waals surface area contributed by atoms with Crippen LogP contribution in [-0.4, -0.2) is 31.3 Å². The van der Waals surface area contributed by atoms with E-state index < -0.39 is 17.7 Å². The van der Waals surface area contributed by atoms with Gasteiger partial charge in [0, 0.05) is 12.7 Å². The zero-order valence-corrected chi connectivity index (χ0v) is 17.0. The first-order chi connectivity index (χ1) is 13.7. The van der Waals surface area contributed by atoms with Gasteiger partial charge in [-0.3, -0.25) is 4.90 Å². The van der Waals surface area contributed by atoms with Crippen LogP contribution >= 0.6 is 0 Å². The molecule has 29 heavy (non-hydrogen) atoms. The Morgan fingerprint density at radius 1 is 1.10 bits per heavy atom. The summed E-state index contributed by atoms with van der Waals surface area (Å²) in [6.07, 6.45) is -0.555. The van der Waals surface area contributed by atoms with Gasteiger partial charge in [-0.2, -0.15) is 5.26 Å². The highest BCUT2D eigenvalue weighted by Crippen LogP contribution is 2.25. The van der Waals surface area contributed by atoms with Crippen molar-refractivity contribution in [1.82, 2.24) is 0 Å². The SMILES string of the molecule is CN(C(=O)OCc1ccccc1)c1ccc(OCC(=O)OC(C)(C)C)c(C#N)c1. The molecule has 0 atom stereocenters. The van der Waals surface area contributed by atoms with Crippen molar-refractivity contribution in [2.75, 3.05) is 18.6 Å². The number of hydrogen-bond acceptors (Lipinski definition) is 6. The Kier molecular flexibility index (Phi) is 7.21. The van der Waals surface area contributed by atoms with Crippen molar-refractivity contribution >= 4 is 17.7 Å². The molecule has 0 fully saturated rings. The molecular formula is C22H24N2O5. The third-order valence-electron chi connectivity index (χ3n) is 3.72. The Balaban J connectivity index is 2.00. The summed E-state index contributed by atoms with van der Waals surface area (Å²) in [5.41, 5.74) is 0.904. The number of carbonyl (C=O) groups excluding carboxylic acids is 2. The minimum Gasteiger partial charge on any atom is -0.481 e. The lowest BCUT2D eigenvalue weighted by molar-refractivity contribution is -0.157. The van der Waals surface area contributed by atoms with Crippen LogP contribution in [-0.2, 0) is 20.9 Å². The molecule has 2 aromatic carbocycles. The summed E-state index contributed by atoms with van der Waals surface area (Å²) in [6.45, 7) is 5.10. The molecule has 0 spiro atoms. The van der Waals surface area contributed by atoms with E-state index in [2.05, 4.69) is 0 Å². The first kappa shape index (κ1) is 21.8. The zero-order valence-electron chi connectivity index (χ0n) is 17.0. The Morgan fingerprint density at radius 2 is 1.79 bits per heavy atom. The molecule has 2 aromatic rings. The molecule has 0 saturated heterocycles. The molecular weight excluding hydrogens is 372 g/mol. The Labute approximate surface area is 170 Å². The van der Waals surface area contributed by atoms with E-state index >= 15 is 0 Å². The minimum atomic E-state index is -0.620. The van der Waals surface area contributed by atoms with Crippen LogP contribution in [0.25, 0.3) is 0 Å². The molecule has 0 heterocycles. The average molecular weight is 396 g/mol. The maximum atomic E-state index is 12.3. The maximum Gasteiger partial charge on any atom is 0.414 e. The van der Waals surface area contributed by atoms with E-state index in [1.54, 1.807) is 33.9 Å². The quantitative estimate of drug-likeness (QED) is 0.685. The third-order valence-corrected chi connectivity index (χ3v) is 3.72. The van der Waals surface area contributed by atoms with E-state index in [0.717, 1.165) is 5.56 Å². The molecule has 0 bridgehead atoms. The second kappa shape index (κ2) is 9.60. The molecule has 0 aromatic heterocycles. The van der Waals surface area contributed by atoms with Gasteiger partial charge in [0.25, 0.3) is 0 Å². The van der Waals surface area contributed by atoms with Gasteiger partial charge in [-0.1, -0.05) is 30.3 Å². The molecule has 0 aliphatic carbocycles. The number of nitriles is 1. The summed E-state index contributed by atoms with van der Waals surface area (Å²) in [6, 6.07) is 16.0. The van der Waals surface area contributed by atoms with Gasteiger partial charge in [0.15, 0.2) is 6.61 Å². The predicted molar refractivity (Wildman–Crippen MR) is 108 cm³/mol. The lowest BCUT2D eigenvalue weighted by Gasteiger charge is -2.20. The van der Waals surface area contributed by atoms with Crippen molar-refractivity contribution < 1.29 is 23.8 Å². The van der Waals surface area contributed by atoms with Gasteiger partial charge < -0.3 is 14.2 Å². The van der Waals surface area contributed by atoms with Gasteiger partial charge in [-0.25, -0.2) is 9.59 Å². The van der Waals surface area contributed by atoms with Crippen molar-refractivity contribution in [3.63, 3.8) is 0 Å². The van der Waals surface area contributed by atoms with Crippen molar-refractivity contribution in [2.45, 2.75) is 33.0 Å². The molecule has 0 radical (unpaired) electrons. The van der Waals surface area contributed by atoms with Crippen LogP contribution < -0.4 is 9.64 Å². The minimum absolute atomic E-state index is 0.145. The Morgan fingerprint density at radius 3 is 2.41 bits per heavy atom. The fourth-order valence-corrected chi connectivity index (χ4v) is 2.37. The van der Waals surface area contributed by atoms with Crippen LogP contribution in [0.2, 0.25) is 0 Å². The number of hydrogen-bond donors (Lipinski definition) is 0. The number of esters is 1. The van der Waals surface area contributed by atoms with E-state index in [-0.39, 0.29) is 24.5 Å². The number of nitrogens with zero attached hydrogens (tertiary/aromatic N) is 2. The number of rotatable bonds is 6. The lowest BCUT2D eigenvalue weighted by atomic mass is 10.2. The topological polar surface area (TPSA) is 88.9 Å². The number of carbonyl (C=O) groups is 2. The molecule has 152 valence electrons. The summed E-state index contributed by atoms with van der Waals surface area (Å²) in [5, 5.41) is 9.39. The lowest BCUT2D eigenvalue weighted by Crippen LogP contribution is -2.28. The summed E-state index contributed by atoms with van der Waals surface area (Å²) < 4.78 is 15.9. The normalized spacial score (nSPS) is 10.6. The van der Waals surface area contributed by atoms with E-state index in [4.69, 9.17) is 14.2 Å². The highest BCUT2D eigenvalue weighted by molar-refractivity contribution is 5.87. The van der Waals surface area contributed by atoms with Gasteiger partial charge in [0.2, 0.25) is 0 Å². The molecule has 7 heteroatoms. The van der Waals surface area contributed by atoms with E-state index in [9.17, 15) is 14.9 Å². The Hall–Kier alpha value is -3.53. The number of anilines is 1. The zero-order chi connectivity index (χ0) is 21.4. The predicted octanol–water partition coefficient (Wildman–Crippen LogP) is 4.05. The van der Waals surface area contributed by atoms with Gasteiger partial charge in [0.1, 0.15) is 24.0 Å². The summed E-state index contributed by atoms with van der Waals surface area (Å²) >= 11 is 0.